The number of allylic oxidation sites excluding steroid dienone is 1. The van der Waals surface area contributed by atoms with Crippen LogP contribution in [0.15, 0.2) is 54.7 Å². The SMILES string of the molecule is Cc1ccc(C2=Cc3c(ccc4ccccc34)C2)nc1. The van der Waals surface area contributed by atoms with E-state index in [0.29, 0.717) is 0 Å². The number of rotatable bonds is 1. The number of pyridine rings is 1. The molecule has 0 saturated heterocycles. The monoisotopic (exact) mass is 257 g/mol. The van der Waals surface area contributed by atoms with Crippen LogP contribution in [0.1, 0.15) is 22.4 Å². The summed E-state index contributed by atoms with van der Waals surface area (Å²) >= 11 is 0. The van der Waals surface area contributed by atoms with Gasteiger partial charge in [0.05, 0.1) is 5.69 Å². The molecule has 0 fully saturated rings. The molecule has 0 bridgehead atoms. The van der Waals surface area contributed by atoms with Gasteiger partial charge in [-0.25, -0.2) is 0 Å². The van der Waals surface area contributed by atoms with E-state index in [1.807, 2.05) is 6.20 Å². The minimum Gasteiger partial charge on any atom is -0.256 e. The van der Waals surface area contributed by atoms with Crippen LogP contribution in [0.5, 0.6) is 0 Å². The van der Waals surface area contributed by atoms with Crippen LogP contribution in [0.25, 0.3) is 22.4 Å². The van der Waals surface area contributed by atoms with Crippen molar-refractivity contribution in [1.82, 2.24) is 4.98 Å². The van der Waals surface area contributed by atoms with Gasteiger partial charge in [-0.15, -0.1) is 0 Å². The molecular weight excluding hydrogens is 242 g/mol. The van der Waals surface area contributed by atoms with E-state index in [4.69, 9.17) is 0 Å². The molecule has 1 aliphatic carbocycles. The van der Waals surface area contributed by atoms with Gasteiger partial charge in [0.2, 0.25) is 0 Å². The Kier molecular flexibility index (Phi) is 2.46. The smallest absolute Gasteiger partial charge is 0.0665 e. The highest BCUT2D eigenvalue weighted by Crippen LogP contribution is 2.35. The average molecular weight is 257 g/mol. The third kappa shape index (κ3) is 1.75. The fraction of sp³-hybridized carbons (Fsp3) is 0.105. The van der Waals surface area contributed by atoms with E-state index in [0.717, 1.165) is 12.1 Å². The van der Waals surface area contributed by atoms with Crippen LogP contribution < -0.4 is 0 Å². The number of hydrogen-bond acceptors (Lipinski definition) is 1. The largest absolute Gasteiger partial charge is 0.256 e. The maximum Gasteiger partial charge on any atom is 0.0665 e. The lowest BCUT2D eigenvalue weighted by molar-refractivity contribution is 1.20. The predicted molar refractivity (Wildman–Crippen MR) is 84.5 cm³/mol. The van der Waals surface area contributed by atoms with Crippen molar-refractivity contribution in [1.29, 1.82) is 0 Å². The standard InChI is InChI=1S/C19H15N/c1-13-6-9-19(20-12-13)16-10-15-8-7-14-4-2-3-5-17(14)18(15)11-16/h2-9,11-12H,10H2,1H3. The molecule has 4 rings (SSSR count). The van der Waals surface area contributed by atoms with Crippen LogP contribution in [0, 0.1) is 6.92 Å². The first-order valence-corrected chi connectivity index (χ1v) is 6.95. The summed E-state index contributed by atoms with van der Waals surface area (Å²) in [5, 5.41) is 2.65. The van der Waals surface area contributed by atoms with Crippen molar-refractivity contribution in [2.75, 3.05) is 0 Å². The molecule has 2 aromatic carbocycles. The molecule has 1 heteroatoms. The molecule has 20 heavy (non-hydrogen) atoms. The molecule has 1 aliphatic rings. The van der Waals surface area contributed by atoms with Crippen molar-refractivity contribution < 1.29 is 0 Å². The maximum absolute atomic E-state index is 4.56. The van der Waals surface area contributed by atoms with Gasteiger partial charge in [0.15, 0.2) is 0 Å². The Morgan fingerprint density at radius 2 is 1.85 bits per heavy atom. The zero-order chi connectivity index (χ0) is 13.5. The van der Waals surface area contributed by atoms with Crippen LogP contribution in [0.2, 0.25) is 0 Å². The zero-order valence-electron chi connectivity index (χ0n) is 11.4. The highest BCUT2D eigenvalue weighted by Gasteiger charge is 2.16. The average Bonchev–Trinajstić information content (AvgIpc) is 2.92. The topological polar surface area (TPSA) is 12.9 Å². The minimum absolute atomic E-state index is 0.982. The fourth-order valence-corrected chi connectivity index (χ4v) is 2.92. The van der Waals surface area contributed by atoms with E-state index >= 15 is 0 Å². The lowest BCUT2D eigenvalue weighted by Crippen LogP contribution is -1.89. The van der Waals surface area contributed by atoms with E-state index in [9.17, 15) is 0 Å². The molecule has 0 atom stereocenters. The summed E-state index contributed by atoms with van der Waals surface area (Å²) < 4.78 is 0. The summed E-state index contributed by atoms with van der Waals surface area (Å²) in [5.74, 6) is 0. The van der Waals surface area contributed by atoms with E-state index < -0.39 is 0 Å². The fourth-order valence-electron chi connectivity index (χ4n) is 2.92. The third-order valence-corrected chi connectivity index (χ3v) is 4.00. The molecule has 1 aromatic heterocycles. The predicted octanol–water partition coefficient (Wildman–Crippen LogP) is 4.64. The number of aromatic nitrogens is 1. The lowest BCUT2D eigenvalue weighted by atomic mass is 10.0. The molecule has 96 valence electrons. The molecule has 0 saturated carbocycles. The summed E-state index contributed by atoms with van der Waals surface area (Å²) in [4.78, 5) is 4.56. The van der Waals surface area contributed by atoms with Crippen LogP contribution in [0.4, 0.5) is 0 Å². The first-order chi connectivity index (χ1) is 9.81. The quantitative estimate of drug-likeness (QED) is 0.619. The van der Waals surface area contributed by atoms with Gasteiger partial charge in [0.1, 0.15) is 0 Å². The van der Waals surface area contributed by atoms with Gasteiger partial charge in [-0.3, -0.25) is 4.98 Å². The van der Waals surface area contributed by atoms with Crippen molar-refractivity contribution in [3.63, 3.8) is 0 Å². The molecule has 0 amide bonds. The molecule has 0 aliphatic heterocycles. The Morgan fingerprint density at radius 3 is 2.70 bits per heavy atom. The highest BCUT2D eigenvalue weighted by atomic mass is 14.7. The van der Waals surface area contributed by atoms with Gasteiger partial charge in [-0.2, -0.15) is 0 Å². The summed E-state index contributed by atoms with van der Waals surface area (Å²) in [7, 11) is 0. The van der Waals surface area contributed by atoms with Crippen molar-refractivity contribution in [2.45, 2.75) is 13.3 Å². The zero-order valence-corrected chi connectivity index (χ0v) is 11.4. The number of aryl methyl sites for hydroxylation is 1. The Balaban J connectivity index is 1.86. The van der Waals surface area contributed by atoms with Crippen molar-refractivity contribution in [3.8, 4) is 0 Å². The Bertz CT molecular complexity index is 826. The van der Waals surface area contributed by atoms with Crippen molar-refractivity contribution in [2.24, 2.45) is 0 Å². The van der Waals surface area contributed by atoms with Gasteiger partial charge in [0.25, 0.3) is 0 Å². The van der Waals surface area contributed by atoms with E-state index in [1.165, 1.54) is 33.0 Å². The molecule has 3 aromatic rings. The van der Waals surface area contributed by atoms with Gasteiger partial charge in [0, 0.05) is 12.6 Å². The van der Waals surface area contributed by atoms with Gasteiger partial charge < -0.3 is 0 Å². The Labute approximate surface area is 118 Å². The number of benzene rings is 2. The lowest BCUT2D eigenvalue weighted by Gasteiger charge is -2.03. The molecule has 0 N–H and O–H groups in total. The van der Waals surface area contributed by atoms with Crippen molar-refractivity contribution in [3.05, 3.63) is 77.1 Å². The first-order valence-electron chi connectivity index (χ1n) is 6.95. The number of hydrogen-bond donors (Lipinski definition) is 0. The Morgan fingerprint density at radius 1 is 0.950 bits per heavy atom. The van der Waals surface area contributed by atoms with Gasteiger partial charge in [-0.05, 0) is 52.1 Å². The molecule has 0 radical (unpaired) electrons. The second-order valence-electron chi connectivity index (χ2n) is 5.43. The summed E-state index contributed by atoms with van der Waals surface area (Å²) in [6.45, 7) is 2.07. The number of nitrogens with zero attached hydrogens (tertiary/aromatic N) is 1. The van der Waals surface area contributed by atoms with Crippen LogP contribution in [-0.4, -0.2) is 4.98 Å². The maximum atomic E-state index is 4.56. The normalized spacial score (nSPS) is 13.3. The second kappa shape index (κ2) is 4.31. The van der Waals surface area contributed by atoms with E-state index in [2.05, 4.69) is 66.5 Å². The highest BCUT2D eigenvalue weighted by molar-refractivity contribution is 6.00. The minimum atomic E-state index is 0.982. The Hall–Kier alpha value is -2.41. The summed E-state index contributed by atoms with van der Waals surface area (Å²) in [6, 6.07) is 17.3. The number of fused-ring (bicyclic) bond motifs is 3. The van der Waals surface area contributed by atoms with Crippen LogP contribution >= 0.6 is 0 Å². The summed E-state index contributed by atoms with van der Waals surface area (Å²) in [6.07, 6.45) is 5.23. The van der Waals surface area contributed by atoms with Crippen LogP contribution in [-0.2, 0) is 6.42 Å². The van der Waals surface area contributed by atoms with Gasteiger partial charge >= 0.3 is 0 Å². The van der Waals surface area contributed by atoms with Crippen molar-refractivity contribution >= 4 is 22.4 Å². The molecule has 1 nitrogen and oxygen atoms in total. The molecular formula is C19H15N. The van der Waals surface area contributed by atoms with E-state index in [1.54, 1.807) is 0 Å². The molecule has 0 unspecified atom stereocenters. The first kappa shape index (κ1) is 11.4. The van der Waals surface area contributed by atoms with Crippen LogP contribution in [0.3, 0.4) is 0 Å². The second-order valence-corrected chi connectivity index (χ2v) is 5.43. The van der Waals surface area contributed by atoms with E-state index in [-0.39, 0.29) is 0 Å². The summed E-state index contributed by atoms with van der Waals surface area (Å²) in [5.41, 5.74) is 6.38. The molecule has 0 spiro atoms. The third-order valence-electron chi connectivity index (χ3n) is 4.00. The van der Waals surface area contributed by atoms with Gasteiger partial charge in [-0.1, -0.05) is 42.5 Å². The molecule has 1 heterocycles.